The van der Waals surface area contributed by atoms with E-state index in [9.17, 15) is 9.59 Å². The molecule has 0 radical (unpaired) electrons. The molecule has 2 aliphatic heterocycles. The smallest absolute Gasteiger partial charge is 0.257 e. The lowest BCUT2D eigenvalue weighted by molar-refractivity contribution is -0.139. The first-order valence-electron chi connectivity index (χ1n) is 9.53. The van der Waals surface area contributed by atoms with Gasteiger partial charge in [0.15, 0.2) is 0 Å². The van der Waals surface area contributed by atoms with Crippen LogP contribution >= 0.6 is 11.3 Å². The predicted octanol–water partition coefficient (Wildman–Crippen LogP) is 2.48. The van der Waals surface area contributed by atoms with Crippen molar-refractivity contribution in [1.82, 2.24) is 15.2 Å². The Kier molecular flexibility index (Phi) is 5.32. The molecule has 2 aromatic heterocycles. The van der Waals surface area contributed by atoms with Gasteiger partial charge in [0.05, 0.1) is 29.4 Å². The van der Waals surface area contributed by atoms with Gasteiger partial charge in [-0.05, 0) is 29.5 Å². The van der Waals surface area contributed by atoms with E-state index in [2.05, 4.69) is 10.4 Å². The van der Waals surface area contributed by atoms with Crippen molar-refractivity contribution in [1.29, 1.82) is 0 Å². The lowest BCUT2D eigenvalue weighted by Crippen LogP contribution is -2.59. The van der Waals surface area contributed by atoms with Crippen molar-refractivity contribution in [3.63, 3.8) is 0 Å². The molecule has 28 heavy (non-hydrogen) atoms. The van der Waals surface area contributed by atoms with Gasteiger partial charge in [0.2, 0.25) is 5.91 Å². The summed E-state index contributed by atoms with van der Waals surface area (Å²) in [6.45, 7) is 5.37. The van der Waals surface area contributed by atoms with Crippen molar-refractivity contribution in [2.24, 2.45) is 11.0 Å². The Morgan fingerprint density at radius 2 is 2.25 bits per heavy atom. The van der Waals surface area contributed by atoms with Gasteiger partial charge in [-0.2, -0.15) is 5.10 Å². The number of hydrogen-bond acceptors (Lipinski definition) is 6. The summed E-state index contributed by atoms with van der Waals surface area (Å²) < 4.78 is 5.59. The molecule has 0 spiro atoms. The van der Waals surface area contributed by atoms with Crippen molar-refractivity contribution in [2.75, 3.05) is 19.6 Å². The SMILES string of the molecule is CC(C)C1C(=O)NCCN1CC(=O)N1N=C(c2cccs2)CC1c1ccco1. The number of nitrogens with one attached hydrogen (secondary N) is 1. The summed E-state index contributed by atoms with van der Waals surface area (Å²) in [7, 11) is 0. The van der Waals surface area contributed by atoms with Gasteiger partial charge in [-0.15, -0.1) is 11.3 Å². The summed E-state index contributed by atoms with van der Waals surface area (Å²) in [5.41, 5.74) is 0.890. The zero-order valence-corrected chi connectivity index (χ0v) is 16.8. The number of amides is 2. The minimum Gasteiger partial charge on any atom is -0.467 e. The van der Waals surface area contributed by atoms with Gasteiger partial charge in [-0.1, -0.05) is 19.9 Å². The summed E-state index contributed by atoms with van der Waals surface area (Å²) in [6.07, 6.45) is 2.23. The van der Waals surface area contributed by atoms with Crippen LogP contribution < -0.4 is 5.32 Å². The van der Waals surface area contributed by atoms with Gasteiger partial charge in [0.1, 0.15) is 11.8 Å². The molecule has 2 amide bonds. The Hall–Kier alpha value is -2.45. The first kappa shape index (κ1) is 18.9. The number of piperazine rings is 1. The average Bonchev–Trinajstić information content (AvgIpc) is 3.40. The molecular formula is C20H24N4O3S. The van der Waals surface area contributed by atoms with Crippen LogP contribution in [0.1, 0.15) is 36.9 Å². The van der Waals surface area contributed by atoms with Crippen LogP contribution in [0.15, 0.2) is 45.4 Å². The van der Waals surface area contributed by atoms with Gasteiger partial charge < -0.3 is 9.73 Å². The summed E-state index contributed by atoms with van der Waals surface area (Å²) >= 11 is 1.61. The second-order valence-corrected chi connectivity index (χ2v) is 8.40. The third kappa shape index (κ3) is 3.62. The van der Waals surface area contributed by atoms with Crippen LogP contribution in [0.2, 0.25) is 0 Å². The predicted molar refractivity (Wildman–Crippen MR) is 107 cm³/mol. The molecule has 2 aromatic rings. The Balaban J connectivity index is 1.57. The first-order chi connectivity index (χ1) is 13.5. The summed E-state index contributed by atoms with van der Waals surface area (Å²) in [5.74, 6) is 0.715. The molecule has 0 saturated carbocycles. The number of hydrogen-bond donors (Lipinski definition) is 1. The summed E-state index contributed by atoms with van der Waals surface area (Å²) in [5, 5.41) is 11.1. The van der Waals surface area contributed by atoms with Crippen molar-refractivity contribution in [3.05, 3.63) is 46.5 Å². The van der Waals surface area contributed by atoms with E-state index in [-0.39, 0.29) is 36.4 Å². The Morgan fingerprint density at radius 3 is 2.93 bits per heavy atom. The highest BCUT2D eigenvalue weighted by atomic mass is 32.1. The monoisotopic (exact) mass is 400 g/mol. The van der Waals surface area contributed by atoms with E-state index in [0.717, 1.165) is 16.3 Å². The summed E-state index contributed by atoms with van der Waals surface area (Å²) in [6, 6.07) is 7.14. The maximum atomic E-state index is 13.2. The molecule has 1 fully saturated rings. The number of nitrogens with zero attached hydrogens (tertiary/aromatic N) is 3. The minimum atomic E-state index is -0.303. The quantitative estimate of drug-likeness (QED) is 0.836. The number of thiophene rings is 1. The highest BCUT2D eigenvalue weighted by Crippen LogP contribution is 2.34. The average molecular weight is 401 g/mol. The van der Waals surface area contributed by atoms with Crippen LogP contribution in [0.4, 0.5) is 0 Å². The fourth-order valence-electron chi connectivity index (χ4n) is 3.91. The van der Waals surface area contributed by atoms with Crippen molar-refractivity contribution in [3.8, 4) is 0 Å². The zero-order chi connectivity index (χ0) is 19.7. The van der Waals surface area contributed by atoms with Crippen molar-refractivity contribution in [2.45, 2.75) is 32.4 Å². The molecule has 4 rings (SSSR count). The van der Waals surface area contributed by atoms with Crippen LogP contribution in [0.25, 0.3) is 0 Å². The number of carbonyl (C=O) groups excluding carboxylic acids is 2. The van der Waals surface area contributed by atoms with Gasteiger partial charge in [-0.3, -0.25) is 14.5 Å². The highest BCUT2D eigenvalue weighted by Gasteiger charge is 2.38. The third-order valence-electron chi connectivity index (χ3n) is 5.17. The number of furan rings is 1. The maximum absolute atomic E-state index is 13.2. The van der Waals surface area contributed by atoms with Crippen LogP contribution in [-0.2, 0) is 9.59 Å². The van der Waals surface area contributed by atoms with Crippen molar-refractivity contribution < 1.29 is 14.0 Å². The molecule has 0 bridgehead atoms. The molecule has 8 heteroatoms. The van der Waals surface area contributed by atoms with Gasteiger partial charge >= 0.3 is 0 Å². The molecule has 2 atom stereocenters. The van der Waals surface area contributed by atoms with Gasteiger partial charge in [-0.25, -0.2) is 5.01 Å². The Labute approximate surface area is 168 Å². The molecule has 0 aromatic carbocycles. The normalized spacial score (nSPS) is 23.2. The van der Waals surface area contributed by atoms with Crippen LogP contribution in [0.3, 0.4) is 0 Å². The largest absolute Gasteiger partial charge is 0.467 e. The molecule has 7 nitrogen and oxygen atoms in total. The van der Waals surface area contributed by atoms with E-state index in [0.29, 0.717) is 19.5 Å². The number of rotatable bonds is 5. The lowest BCUT2D eigenvalue weighted by atomic mass is 9.99. The van der Waals surface area contributed by atoms with Crippen molar-refractivity contribution >= 4 is 28.9 Å². The van der Waals surface area contributed by atoms with E-state index < -0.39 is 0 Å². The number of carbonyl (C=O) groups is 2. The van der Waals surface area contributed by atoms with Gasteiger partial charge in [0, 0.05) is 19.5 Å². The number of hydrazone groups is 1. The second-order valence-electron chi connectivity index (χ2n) is 7.45. The molecule has 1 N–H and O–H groups in total. The highest BCUT2D eigenvalue weighted by molar-refractivity contribution is 7.12. The van der Waals surface area contributed by atoms with E-state index in [1.54, 1.807) is 17.6 Å². The summed E-state index contributed by atoms with van der Waals surface area (Å²) in [4.78, 5) is 28.5. The molecule has 0 aliphatic carbocycles. The molecule has 2 unspecified atom stereocenters. The fourth-order valence-corrected chi connectivity index (χ4v) is 4.64. The van der Waals surface area contributed by atoms with E-state index in [4.69, 9.17) is 4.42 Å². The molecule has 148 valence electrons. The van der Waals surface area contributed by atoms with E-state index >= 15 is 0 Å². The Morgan fingerprint density at radius 1 is 1.39 bits per heavy atom. The van der Waals surface area contributed by atoms with Crippen LogP contribution in [-0.4, -0.2) is 53.1 Å². The lowest BCUT2D eigenvalue weighted by Gasteiger charge is -2.37. The van der Waals surface area contributed by atoms with Crippen LogP contribution in [0.5, 0.6) is 0 Å². The minimum absolute atomic E-state index is 0.0131. The second kappa shape index (κ2) is 7.89. The molecule has 1 saturated heterocycles. The Bertz CT molecular complexity index is 860. The van der Waals surface area contributed by atoms with E-state index in [1.165, 1.54) is 5.01 Å². The standard InChI is InChI=1S/C20H24N4O3S/c1-13(2)19-20(26)21-7-8-23(19)12-18(25)24-15(16-5-3-9-27-16)11-14(22-24)17-6-4-10-28-17/h3-6,9-10,13,15,19H,7-8,11-12H2,1-2H3,(H,21,26). The third-order valence-corrected chi connectivity index (χ3v) is 6.09. The van der Waals surface area contributed by atoms with E-state index in [1.807, 2.05) is 48.4 Å². The molecular weight excluding hydrogens is 376 g/mol. The molecule has 4 heterocycles. The fraction of sp³-hybridized carbons (Fsp3) is 0.450. The maximum Gasteiger partial charge on any atom is 0.257 e. The topological polar surface area (TPSA) is 78.2 Å². The van der Waals surface area contributed by atoms with Gasteiger partial charge in [0.25, 0.3) is 5.91 Å². The molecule has 2 aliphatic rings. The zero-order valence-electron chi connectivity index (χ0n) is 16.0. The first-order valence-corrected chi connectivity index (χ1v) is 10.4. The van der Waals surface area contributed by atoms with Crippen LogP contribution in [0, 0.1) is 5.92 Å².